The van der Waals surface area contributed by atoms with Crippen LogP contribution in [0.15, 0.2) is 12.2 Å². The molecule has 2 heterocycles. The van der Waals surface area contributed by atoms with Crippen LogP contribution in [0.25, 0.3) is 0 Å². The number of rotatable bonds is 1. The molecule has 0 radical (unpaired) electrons. The molecule has 0 unspecified atom stereocenters. The molecule has 3 fully saturated rings. The number of aromatic nitrogens is 2. The van der Waals surface area contributed by atoms with Crippen LogP contribution in [0.5, 0.6) is 0 Å². The monoisotopic (exact) mass is 287 g/mol. The van der Waals surface area contributed by atoms with E-state index >= 15 is 0 Å². The van der Waals surface area contributed by atoms with Gasteiger partial charge in [-0.15, -0.1) is 10.2 Å². The number of hydrogen-bond donors (Lipinski definition) is 0. The lowest BCUT2D eigenvalue weighted by molar-refractivity contribution is -0.124. The van der Waals surface area contributed by atoms with Crippen molar-refractivity contribution in [3.63, 3.8) is 0 Å². The molecule has 2 bridgehead atoms. The van der Waals surface area contributed by atoms with Crippen LogP contribution in [0.4, 0.5) is 5.13 Å². The van der Waals surface area contributed by atoms with E-state index in [0.717, 1.165) is 5.01 Å². The average molecular weight is 287 g/mol. The van der Waals surface area contributed by atoms with E-state index in [4.69, 9.17) is 0 Å². The van der Waals surface area contributed by atoms with Gasteiger partial charge in [0.25, 0.3) is 0 Å². The third kappa shape index (κ3) is 1.15. The summed E-state index contributed by atoms with van der Waals surface area (Å²) in [6, 6.07) is 0. The molecule has 5 nitrogen and oxygen atoms in total. The van der Waals surface area contributed by atoms with Crippen LogP contribution < -0.4 is 4.90 Å². The topological polar surface area (TPSA) is 63.2 Å². The van der Waals surface area contributed by atoms with Crippen molar-refractivity contribution in [3.8, 4) is 0 Å². The lowest BCUT2D eigenvalue weighted by Crippen LogP contribution is -2.40. The molecule has 0 N–H and O–H groups in total. The molecule has 2 saturated carbocycles. The zero-order valence-corrected chi connectivity index (χ0v) is 11.7. The van der Waals surface area contributed by atoms with Gasteiger partial charge in [-0.1, -0.05) is 23.5 Å². The molecule has 4 aliphatic carbocycles. The first kappa shape index (κ1) is 11.1. The second kappa shape index (κ2) is 3.36. The van der Waals surface area contributed by atoms with Crippen LogP contribution in [0.1, 0.15) is 11.4 Å². The van der Waals surface area contributed by atoms with Crippen molar-refractivity contribution >= 4 is 28.3 Å². The first-order chi connectivity index (χ1) is 9.66. The van der Waals surface area contributed by atoms with Crippen molar-refractivity contribution in [2.75, 3.05) is 4.90 Å². The summed E-state index contributed by atoms with van der Waals surface area (Å²) in [4.78, 5) is 26.8. The summed E-state index contributed by atoms with van der Waals surface area (Å²) in [5.41, 5.74) is 0. The van der Waals surface area contributed by atoms with Crippen LogP contribution >= 0.6 is 11.3 Å². The molecule has 2 amide bonds. The second-order valence-electron chi connectivity index (χ2n) is 6.27. The van der Waals surface area contributed by atoms with Gasteiger partial charge in [-0.05, 0) is 37.0 Å². The fourth-order valence-electron chi connectivity index (χ4n) is 4.52. The van der Waals surface area contributed by atoms with E-state index in [1.165, 1.54) is 22.7 Å². The van der Waals surface area contributed by atoms with E-state index in [1.54, 1.807) is 0 Å². The van der Waals surface area contributed by atoms with E-state index in [-0.39, 0.29) is 35.5 Å². The zero-order chi connectivity index (χ0) is 13.6. The predicted molar refractivity (Wildman–Crippen MR) is 71.8 cm³/mol. The van der Waals surface area contributed by atoms with Gasteiger partial charge in [0, 0.05) is 0 Å². The van der Waals surface area contributed by atoms with Gasteiger partial charge >= 0.3 is 0 Å². The van der Waals surface area contributed by atoms with Crippen LogP contribution in [0, 0.1) is 42.4 Å². The second-order valence-corrected chi connectivity index (χ2v) is 7.43. The number of carbonyl (C=O) groups excluding carboxylic acids is 2. The largest absolute Gasteiger partial charge is 0.274 e. The third-order valence-corrected chi connectivity index (χ3v) is 6.19. The number of hydrogen-bond acceptors (Lipinski definition) is 5. The molecular weight excluding hydrogens is 274 g/mol. The third-order valence-electron chi connectivity index (χ3n) is 5.37. The predicted octanol–water partition coefficient (Wildman–Crippen LogP) is 1.40. The highest BCUT2D eigenvalue weighted by Gasteiger charge is 2.67. The minimum atomic E-state index is -0.148. The fourth-order valence-corrected chi connectivity index (χ4v) is 5.22. The average Bonchev–Trinajstić information content (AvgIpc) is 3.10. The van der Waals surface area contributed by atoms with Gasteiger partial charge < -0.3 is 0 Å². The highest BCUT2D eigenvalue weighted by molar-refractivity contribution is 7.15. The fraction of sp³-hybridized carbons (Fsp3) is 0.571. The molecule has 6 rings (SSSR count). The Morgan fingerprint density at radius 3 is 2.20 bits per heavy atom. The molecule has 0 aromatic carbocycles. The molecule has 6 atom stereocenters. The smallest absolute Gasteiger partial charge is 0.240 e. The Morgan fingerprint density at radius 1 is 1.10 bits per heavy atom. The molecule has 102 valence electrons. The summed E-state index contributed by atoms with van der Waals surface area (Å²) in [7, 11) is 0. The summed E-state index contributed by atoms with van der Waals surface area (Å²) < 4.78 is 0. The van der Waals surface area contributed by atoms with Crippen molar-refractivity contribution in [1.29, 1.82) is 0 Å². The molecular formula is C14H13N3O2S. The van der Waals surface area contributed by atoms with Crippen molar-refractivity contribution in [3.05, 3.63) is 17.2 Å². The number of anilines is 1. The Labute approximate surface area is 119 Å². The number of amides is 2. The van der Waals surface area contributed by atoms with Crippen molar-refractivity contribution < 1.29 is 9.59 Å². The number of aryl methyl sites for hydroxylation is 1. The molecule has 5 aliphatic rings. The highest BCUT2D eigenvalue weighted by atomic mass is 32.1. The first-order valence-electron chi connectivity index (χ1n) is 7.03. The Morgan fingerprint density at radius 2 is 1.70 bits per heavy atom. The Balaban J connectivity index is 1.60. The maximum absolute atomic E-state index is 12.7. The molecule has 1 aromatic heterocycles. The summed E-state index contributed by atoms with van der Waals surface area (Å²) in [6.07, 6.45) is 5.55. The maximum Gasteiger partial charge on any atom is 0.240 e. The van der Waals surface area contributed by atoms with Gasteiger partial charge in [-0.3, -0.25) is 9.59 Å². The van der Waals surface area contributed by atoms with Crippen molar-refractivity contribution in [2.45, 2.75) is 13.3 Å². The lowest BCUT2D eigenvalue weighted by atomic mass is 9.63. The van der Waals surface area contributed by atoms with E-state index < -0.39 is 0 Å². The number of nitrogens with zero attached hydrogens (tertiary/aromatic N) is 3. The quantitative estimate of drug-likeness (QED) is 0.578. The van der Waals surface area contributed by atoms with E-state index in [2.05, 4.69) is 22.3 Å². The van der Waals surface area contributed by atoms with Gasteiger partial charge in [0.2, 0.25) is 16.9 Å². The van der Waals surface area contributed by atoms with E-state index in [9.17, 15) is 9.59 Å². The molecule has 6 heteroatoms. The summed E-state index contributed by atoms with van der Waals surface area (Å²) in [5.74, 6) is 1.41. The van der Waals surface area contributed by atoms with Crippen molar-refractivity contribution in [2.24, 2.45) is 35.5 Å². The van der Waals surface area contributed by atoms with E-state index in [0.29, 0.717) is 17.0 Å². The van der Waals surface area contributed by atoms with E-state index in [1.807, 2.05) is 6.92 Å². The first-order valence-corrected chi connectivity index (χ1v) is 7.84. The lowest BCUT2D eigenvalue weighted by Gasteiger charge is -2.37. The molecule has 1 saturated heterocycles. The maximum atomic E-state index is 12.7. The summed E-state index contributed by atoms with van der Waals surface area (Å²) in [5, 5.41) is 9.14. The SMILES string of the molecule is Cc1nnc(N2C(=O)[C@@H]3[C@@H]4C=C[C@H]([C@@H]5C[C@H]45)[C@H]3C2=O)s1. The molecule has 0 spiro atoms. The minimum absolute atomic E-state index is 0.0548. The minimum Gasteiger partial charge on any atom is -0.274 e. The van der Waals surface area contributed by atoms with Gasteiger partial charge in [0.05, 0.1) is 11.8 Å². The summed E-state index contributed by atoms with van der Waals surface area (Å²) >= 11 is 1.31. The molecule has 20 heavy (non-hydrogen) atoms. The Bertz CT molecular complexity index is 646. The van der Waals surface area contributed by atoms with Crippen LogP contribution in [-0.2, 0) is 9.59 Å². The Kier molecular flexibility index (Phi) is 1.87. The number of carbonyl (C=O) groups is 2. The Hall–Kier alpha value is -1.56. The number of allylic oxidation sites excluding steroid dienone is 2. The van der Waals surface area contributed by atoms with Gasteiger partial charge in [-0.25, -0.2) is 4.90 Å². The van der Waals surface area contributed by atoms with Crippen molar-refractivity contribution in [1.82, 2.24) is 10.2 Å². The summed E-state index contributed by atoms with van der Waals surface area (Å²) in [6.45, 7) is 1.83. The number of imide groups is 1. The normalized spacial score (nSPS) is 44.0. The molecule has 1 aliphatic heterocycles. The van der Waals surface area contributed by atoms with Crippen LogP contribution in [0.3, 0.4) is 0 Å². The van der Waals surface area contributed by atoms with Crippen LogP contribution in [0.2, 0.25) is 0 Å². The van der Waals surface area contributed by atoms with Crippen LogP contribution in [-0.4, -0.2) is 22.0 Å². The standard InChI is InChI=1S/C14H13N3O2S/c1-5-15-16-14(20-5)17-12(18)10-6-2-3-7(9-4-8(6)9)11(10)13(17)19/h2-3,6-11H,4H2,1H3/t6-,7-,8-,9+,10-,11-/m1/s1. The van der Waals surface area contributed by atoms with Gasteiger partial charge in [0.15, 0.2) is 0 Å². The van der Waals surface area contributed by atoms with Gasteiger partial charge in [0.1, 0.15) is 5.01 Å². The molecule has 1 aromatic rings. The van der Waals surface area contributed by atoms with Gasteiger partial charge in [-0.2, -0.15) is 0 Å². The highest BCUT2D eigenvalue weighted by Crippen LogP contribution is 2.65. The zero-order valence-electron chi connectivity index (χ0n) is 10.9.